The van der Waals surface area contributed by atoms with Gasteiger partial charge in [0.15, 0.2) is 0 Å². The topological polar surface area (TPSA) is 41.9 Å². The van der Waals surface area contributed by atoms with E-state index in [-0.39, 0.29) is 12.1 Å². The quantitative estimate of drug-likeness (QED) is 0.626. The standard InChI is InChI=1S/C20H22N2O2/c1-22-13-12-18(15-22)24-20(23)19(16-8-4-2-5-9-16)14-21-17-10-6-3-7-11-17/h2-11,14,18-19H,12-13,15H2,1H3. The normalized spacial score (nSPS) is 19.5. The summed E-state index contributed by atoms with van der Waals surface area (Å²) in [7, 11) is 2.04. The number of likely N-dealkylation sites (N-methyl/N-ethyl adjacent to an activating group) is 1. The summed E-state index contributed by atoms with van der Waals surface area (Å²) in [6, 6.07) is 19.3. The van der Waals surface area contributed by atoms with E-state index in [4.69, 9.17) is 4.74 Å². The van der Waals surface area contributed by atoms with Gasteiger partial charge in [-0.2, -0.15) is 0 Å². The molecule has 4 nitrogen and oxygen atoms in total. The van der Waals surface area contributed by atoms with Crippen molar-refractivity contribution in [1.29, 1.82) is 0 Å². The lowest BCUT2D eigenvalue weighted by Gasteiger charge is -2.17. The van der Waals surface area contributed by atoms with Gasteiger partial charge in [-0.3, -0.25) is 9.79 Å². The highest BCUT2D eigenvalue weighted by Gasteiger charge is 2.27. The molecular formula is C20H22N2O2. The summed E-state index contributed by atoms with van der Waals surface area (Å²) in [6.07, 6.45) is 2.55. The molecule has 1 saturated heterocycles. The number of rotatable bonds is 5. The number of hydrogen-bond donors (Lipinski definition) is 0. The minimum Gasteiger partial charge on any atom is -0.460 e. The minimum atomic E-state index is -0.489. The highest BCUT2D eigenvalue weighted by molar-refractivity contribution is 5.96. The molecular weight excluding hydrogens is 300 g/mol. The van der Waals surface area contributed by atoms with Gasteiger partial charge in [-0.1, -0.05) is 48.5 Å². The van der Waals surface area contributed by atoms with Crippen molar-refractivity contribution in [3.05, 3.63) is 66.2 Å². The van der Waals surface area contributed by atoms with Gasteiger partial charge in [0, 0.05) is 19.3 Å². The Bertz CT molecular complexity index is 685. The summed E-state index contributed by atoms with van der Waals surface area (Å²) in [4.78, 5) is 19.3. The van der Waals surface area contributed by atoms with Crippen molar-refractivity contribution in [3.63, 3.8) is 0 Å². The molecule has 1 heterocycles. The number of esters is 1. The second kappa shape index (κ2) is 7.88. The zero-order valence-electron chi connectivity index (χ0n) is 13.8. The maximum atomic E-state index is 12.7. The molecule has 0 radical (unpaired) electrons. The molecule has 2 unspecified atom stereocenters. The fourth-order valence-corrected chi connectivity index (χ4v) is 2.85. The average Bonchev–Trinajstić information content (AvgIpc) is 3.02. The Morgan fingerprint density at radius 2 is 1.83 bits per heavy atom. The predicted molar refractivity (Wildman–Crippen MR) is 95.8 cm³/mol. The third kappa shape index (κ3) is 4.30. The van der Waals surface area contributed by atoms with Crippen molar-refractivity contribution >= 4 is 17.9 Å². The van der Waals surface area contributed by atoms with Gasteiger partial charge in [0.05, 0.1) is 5.69 Å². The van der Waals surface area contributed by atoms with Gasteiger partial charge in [-0.25, -0.2) is 0 Å². The summed E-state index contributed by atoms with van der Waals surface area (Å²) >= 11 is 0. The molecule has 2 atom stereocenters. The van der Waals surface area contributed by atoms with Crippen LogP contribution in [-0.2, 0) is 9.53 Å². The number of aliphatic imine (C=N–C) groups is 1. The maximum Gasteiger partial charge on any atom is 0.319 e. The lowest BCUT2D eigenvalue weighted by atomic mass is 10.0. The van der Waals surface area contributed by atoms with Crippen LogP contribution in [-0.4, -0.2) is 43.3 Å². The molecule has 0 amide bonds. The highest BCUT2D eigenvalue weighted by Crippen LogP contribution is 2.20. The van der Waals surface area contributed by atoms with Gasteiger partial charge in [0.25, 0.3) is 0 Å². The monoisotopic (exact) mass is 322 g/mol. The molecule has 0 N–H and O–H groups in total. The Hall–Kier alpha value is -2.46. The van der Waals surface area contributed by atoms with Crippen LogP contribution in [0.2, 0.25) is 0 Å². The van der Waals surface area contributed by atoms with Crippen LogP contribution < -0.4 is 0 Å². The van der Waals surface area contributed by atoms with Crippen molar-refractivity contribution < 1.29 is 9.53 Å². The average molecular weight is 322 g/mol. The van der Waals surface area contributed by atoms with Crippen LogP contribution in [0, 0.1) is 0 Å². The van der Waals surface area contributed by atoms with E-state index in [0.29, 0.717) is 0 Å². The van der Waals surface area contributed by atoms with Crippen LogP contribution in [0.3, 0.4) is 0 Å². The van der Waals surface area contributed by atoms with E-state index >= 15 is 0 Å². The fraction of sp³-hybridized carbons (Fsp3) is 0.300. The fourth-order valence-electron chi connectivity index (χ4n) is 2.85. The van der Waals surface area contributed by atoms with Gasteiger partial charge >= 0.3 is 5.97 Å². The Kier molecular flexibility index (Phi) is 5.39. The number of carbonyl (C=O) groups excluding carboxylic acids is 1. The Morgan fingerprint density at radius 1 is 1.17 bits per heavy atom. The molecule has 0 bridgehead atoms. The molecule has 124 valence electrons. The van der Waals surface area contributed by atoms with Crippen LogP contribution in [0.1, 0.15) is 17.9 Å². The SMILES string of the molecule is CN1CCC(OC(=O)C(C=Nc2ccccc2)c2ccccc2)C1. The number of benzene rings is 2. The van der Waals surface area contributed by atoms with Gasteiger partial charge in [0.2, 0.25) is 0 Å². The second-order valence-corrected chi connectivity index (χ2v) is 6.11. The smallest absolute Gasteiger partial charge is 0.319 e. The highest BCUT2D eigenvalue weighted by atomic mass is 16.5. The number of hydrogen-bond acceptors (Lipinski definition) is 4. The third-order valence-electron chi connectivity index (χ3n) is 4.17. The second-order valence-electron chi connectivity index (χ2n) is 6.11. The summed E-state index contributed by atoms with van der Waals surface area (Å²) < 4.78 is 5.71. The van der Waals surface area contributed by atoms with Crippen LogP contribution in [0.25, 0.3) is 0 Å². The van der Waals surface area contributed by atoms with Crippen molar-refractivity contribution in [2.45, 2.75) is 18.4 Å². The van der Waals surface area contributed by atoms with Gasteiger partial charge in [0.1, 0.15) is 12.0 Å². The van der Waals surface area contributed by atoms with E-state index in [1.807, 2.05) is 67.7 Å². The van der Waals surface area contributed by atoms with Crippen LogP contribution in [0.5, 0.6) is 0 Å². The Labute approximate surface area is 142 Å². The van der Waals surface area contributed by atoms with Gasteiger partial charge < -0.3 is 9.64 Å². The van der Waals surface area contributed by atoms with E-state index in [1.54, 1.807) is 6.21 Å². The molecule has 0 saturated carbocycles. The van der Waals surface area contributed by atoms with Gasteiger partial charge in [-0.15, -0.1) is 0 Å². The zero-order chi connectivity index (χ0) is 16.8. The minimum absolute atomic E-state index is 0.0289. The van der Waals surface area contributed by atoms with E-state index in [0.717, 1.165) is 30.8 Å². The molecule has 24 heavy (non-hydrogen) atoms. The van der Waals surface area contributed by atoms with Gasteiger partial charge in [-0.05, 0) is 31.2 Å². The van der Waals surface area contributed by atoms with Crippen LogP contribution in [0.15, 0.2) is 65.7 Å². The molecule has 4 heteroatoms. The first kappa shape index (κ1) is 16.4. The van der Waals surface area contributed by atoms with E-state index in [9.17, 15) is 4.79 Å². The summed E-state index contributed by atoms with van der Waals surface area (Å²) in [5, 5.41) is 0. The predicted octanol–water partition coefficient (Wildman–Crippen LogP) is 3.42. The molecule has 0 aromatic heterocycles. The summed E-state index contributed by atoms with van der Waals surface area (Å²) in [5.41, 5.74) is 1.72. The number of likely N-dealkylation sites (tertiary alicyclic amines) is 1. The molecule has 1 fully saturated rings. The first-order valence-corrected chi connectivity index (χ1v) is 8.25. The van der Waals surface area contributed by atoms with Crippen molar-refractivity contribution in [2.24, 2.45) is 4.99 Å². The van der Waals surface area contributed by atoms with Crippen molar-refractivity contribution in [3.8, 4) is 0 Å². The molecule has 2 aromatic carbocycles. The molecule has 0 spiro atoms. The van der Waals surface area contributed by atoms with E-state index < -0.39 is 5.92 Å². The number of para-hydroxylation sites is 1. The molecule has 1 aliphatic heterocycles. The van der Waals surface area contributed by atoms with Crippen molar-refractivity contribution in [1.82, 2.24) is 4.90 Å². The lowest BCUT2D eigenvalue weighted by Crippen LogP contribution is -2.26. The Morgan fingerprint density at radius 3 is 2.46 bits per heavy atom. The molecule has 0 aliphatic carbocycles. The van der Waals surface area contributed by atoms with Crippen molar-refractivity contribution in [2.75, 3.05) is 20.1 Å². The number of carbonyl (C=O) groups is 1. The first-order valence-electron chi connectivity index (χ1n) is 8.25. The molecule has 2 aromatic rings. The van der Waals surface area contributed by atoms with Crippen LogP contribution in [0.4, 0.5) is 5.69 Å². The molecule has 3 rings (SSSR count). The maximum absolute atomic E-state index is 12.7. The van der Waals surface area contributed by atoms with E-state index in [2.05, 4.69) is 9.89 Å². The largest absolute Gasteiger partial charge is 0.460 e. The summed E-state index contributed by atoms with van der Waals surface area (Å²) in [6.45, 7) is 1.76. The van der Waals surface area contributed by atoms with Crippen LogP contribution >= 0.6 is 0 Å². The van der Waals surface area contributed by atoms with E-state index in [1.165, 1.54) is 0 Å². The first-order chi connectivity index (χ1) is 11.7. The summed E-state index contributed by atoms with van der Waals surface area (Å²) in [5.74, 6) is -0.724. The molecule has 1 aliphatic rings. The number of nitrogens with zero attached hydrogens (tertiary/aromatic N) is 2. The lowest BCUT2D eigenvalue weighted by molar-refractivity contribution is -0.148. The third-order valence-corrected chi connectivity index (χ3v) is 4.17. The number of ether oxygens (including phenoxy) is 1. The zero-order valence-corrected chi connectivity index (χ0v) is 13.8. The Balaban J connectivity index is 1.77.